The molecule has 1 aromatic rings. The minimum absolute atomic E-state index is 0.0104. The Morgan fingerprint density at radius 3 is 2.87 bits per heavy atom. The van der Waals surface area contributed by atoms with Crippen molar-refractivity contribution in [3.05, 3.63) is 23.7 Å². The summed E-state index contributed by atoms with van der Waals surface area (Å²) in [6, 6.07) is 2.48. The van der Waals surface area contributed by atoms with Gasteiger partial charge in [0.05, 0.1) is 18.4 Å². The van der Waals surface area contributed by atoms with Crippen LogP contribution in [-0.2, 0) is 4.74 Å². The van der Waals surface area contributed by atoms with E-state index in [0.29, 0.717) is 18.3 Å². The molecule has 0 aliphatic carbocycles. The molecule has 0 radical (unpaired) electrons. The molecule has 3 aliphatic rings. The summed E-state index contributed by atoms with van der Waals surface area (Å²) in [5, 5.41) is 0. The molecule has 23 heavy (non-hydrogen) atoms. The molecule has 126 valence electrons. The number of hydrogen-bond donors (Lipinski definition) is 0. The number of hydrogen-bond acceptors (Lipinski definition) is 4. The van der Waals surface area contributed by atoms with E-state index in [1.807, 2.05) is 17.9 Å². The van der Waals surface area contributed by atoms with Gasteiger partial charge in [-0.15, -0.1) is 0 Å². The molecule has 0 N–H and O–H groups in total. The van der Waals surface area contributed by atoms with Gasteiger partial charge < -0.3 is 19.0 Å². The highest BCUT2D eigenvalue weighted by molar-refractivity contribution is 5.93. The molecule has 4 heterocycles. The lowest BCUT2D eigenvalue weighted by atomic mass is 9.89. The van der Waals surface area contributed by atoms with Crippen molar-refractivity contribution in [1.29, 1.82) is 0 Å². The molecule has 4 rings (SSSR count). The van der Waals surface area contributed by atoms with Crippen molar-refractivity contribution in [2.75, 3.05) is 32.8 Å². The van der Waals surface area contributed by atoms with Gasteiger partial charge in [0.25, 0.3) is 5.91 Å². The lowest BCUT2D eigenvalue weighted by molar-refractivity contribution is -0.0947. The smallest absolute Gasteiger partial charge is 0.289 e. The van der Waals surface area contributed by atoms with E-state index in [-0.39, 0.29) is 11.5 Å². The van der Waals surface area contributed by atoms with E-state index in [9.17, 15) is 4.79 Å². The second-order valence-electron chi connectivity index (χ2n) is 7.33. The predicted octanol–water partition coefficient (Wildman–Crippen LogP) is 2.45. The Morgan fingerprint density at radius 1 is 1.30 bits per heavy atom. The van der Waals surface area contributed by atoms with Crippen LogP contribution in [0.5, 0.6) is 0 Å². The summed E-state index contributed by atoms with van der Waals surface area (Å²) in [4.78, 5) is 17.2. The van der Waals surface area contributed by atoms with E-state index in [4.69, 9.17) is 9.15 Å². The van der Waals surface area contributed by atoms with Gasteiger partial charge in [-0.2, -0.15) is 0 Å². The number of carbonyl (C=O) groups is 1. The standard InChI is InChI=1S/C18H26N2O3/c1-14-4-10-22-16(14)17(21)20-9-6-18(13-20)12-15(5-11-23-18)19-7-2-3-8-19/h4,10,15H,2-3,5-9,11-13H2,1H3/t15-,18+/m0/s1. The maximum absolute atomic E-state index is 12.7. The molecule has 1 amide bonds. The molecule has 0 bridgehead atoms. The summed E-state index contributed by atoms with van der Waals surface area (Å²) in [5.41, 5.74) is 0.775. The lowest BCUT2D eigenvalue weighted by Gasteiger charge is -2.41. The summed E-state index contributed by atoms with van der Waals surface area (Å²) in [6.07, 6.45) is 7.39. The monoisotopic (exact) mass is 318 g/mol. The highest BCUT2D eigenvalue weighted by Crippen LogP contribution is 2.37. The number of aryl methyl sites for hydroxylation is 1. The first kappa shape index (κ1) is 15.2. The fraction of sp³-hybridized carbons (Fsp3) is 0.722. The van der Waals surface area contributed by atoms with Gasteiger partial charge in [-0.25, -0.2) is 0 Å². The third-order valence-corrected chi connectivity index (χ3v) is 5.78. The molecule has 2 atom stereocenters. The third-order valence-electron chi connectivity index (χ3n) is 5.78. The fourth-order valence-electron chi connectivity index (χ4n) is 4.46. The van der Waals surface area contributed by atoms with Crippen molar-refractivity contribution in [2.24, 2.45) is 0 Å². The van der Waals surface area contributed by atoms with E-state index >= 15 is 0 Å². The first-order valence-corrected chi connectivity index (χ1v) is 8.88. The van der Waals surface area contributed by atoms with E-state index in [1.165, 1.54) is 25.9 Å². The van der Waals surface area contributed by atoms with Gasteiger partial charge in [-0.3, -0.25) is 4.79 Å². The highest BCUT2D eigenvalue weighted by Gasteiger charge is 2.46. The second-order valence-corrected chi connectivity index (χ2v) is 7.33. The van der Waals surface area contributed by atoms with Crippen LogP contribution in [-0.4, -0.2) is 60.1 Å². The zero-order valence-corrected chi connectivity index (χ0v) is 13.9. The Labute approximate surface area is 137 Å². The largest absolute Gasteiger partial charge is 0.459 e. The van der Waals surface area contributed by atoms with Gasteiger partial charge in [-0.1, -0.05) is 0 Å². The molecule has 0 unspecified atom stereocenters. The second kappa shape index (κ2) is 5.95. The van der Waals surface area contributed by atoms with Gasteiger partial charge in [-0.05, 0) is 58.2 Å². The van der Waals surface area contributed by atoms with Crippen LogP contribution in [0.4, 0.5) is 0 Å². The van der Waals surface area contributed by atoms with Crippen molar-refractivity contribution in [3.8, 4) is 0 Å². The summed E-state index contributed by atoms with van der Waals surface area (Å²) in [6.45, 7) is 6.68. The Kier molecular flexibility index (Phi) is 3.93. The zero-order chi connectivity index (χ0) is 15.9. The van der Waals surface area contributed by atoms with Crippen molar-refractivity contribution in [2.45, 2.75) is 50.7 Å². The van der Waals surface area contributed by atoms with E-state index in [2.05, 4.69) is 4.90 Å². The summed E-state index contributed by atoms with van der Waals surface area (Å²) < 4.78 is 11.6. The summed E-state index contributed by atoms with van der Waals surface area (Å²) in [5.74, 6) is 0.491. The Morgan fingerprint density at radius 2 is 2.13 bits per heavy atom. The SMILES string of the molecule is Cc1ccoc1C(=O)N1CC[C@@]2(C[C@@H](N3CCCC3)CCO2)C1. The average Bonchev–Trinajstić information content (AvgIpc) is 3.28. The summed E-state index contributed by atoms with van der Waals surface area (Å²) in [7, 11) is 0. The van der Waals surface area contributed by atoms with Crippen LogP contribution in [0.2, 0.25) is 0 Å². The molecule has 3 fully saturated rings. The van der Waals surface area contributed by atoms with Crippen molar-refractivity contribution < 1.29 is 13.9 Å². The van der Waals surface area contributed by atoms with E-state index in [1.54, 1.807) is 6.26 Å². The fourth-order valence-corrected chi connectivity index (χ4v) is 4.46. The molecule has 1 aromatic heterocycles. The number of amides is 1. The van der Waals surface area contributed by atoms with Crippen LogP contribution in [0.15, 0.2) is 16.7 Å². The molecular formula is C18H26N2O3. The number of nitrogens with zero attached hydrogens (tertiary/aromatic N) is 2. The molecule has 5 heteroatoms. The third kappa shape index (κ3) is 2.81. The molecule has 3 aliphatic heterocycles. The molecule has 5 nitrogen and oxygen atoms in total. The Balaban J connectivity index is 1.44. The molecule has 1 spiro atoms. The molecular weight excluding hydrogens is 292 g/mol. The van der Waals surface area contributed by atoms with Crippen LogP contribution >= 0.6 is 0 Å². The van der Waals surface area contributed by atoms with Crippen molar-refractivity contribution in [3.63, 3.8) is 0 Å². The Bertz CT molecular complexity index is 579. The maximum atomic E-state index is 12.7. The Hall–Kier alpha value is -1.33. The van der Waals surface area contributed by atoms with Gasteiger partial charge in [0.1, 0.15) is 0 Å². The van der Waals surface area contributed by atoms with E-state index in [0.717, 1.165) is 38.0 Å². The van der Waals surface area contributed by atoms with Gasteiger partial charge in [0, 0.05) is 24.8 Å². The van der Waals surface area contributed by atoms with Crippen LogP contribution in [0.25, 0.3) is 0 Å². The van der Waals surface area contributed by atoms with Gasteiger partial charge >= 0.3 is 0 Å². The highest BCUT2D eigenvalue weighted by atomic mass is 16.5. The maximum Gasteiger partial charge on any atom is 0.289 e. The van der Waals surface area contributed by atoms with Gasteiger partial charge in [0.15, 0.2) is 5.76 Å². The summed E-state index contributed by atoms with van der Waals surface area (Å²) >= 11 is 0. The van der Waals surface area contributed by atoms with E-state index < -0.39 is 0 Å². The minimum atomic E-state index is -0.137. The van der Waals surface area contributed by atoms with Crippen molar-refractivity contribution >= 4 is 5.91 Å². The molecule has 0 aromatic carbocycles. The molecule has 0 saturated carbocycles. The number of furan rings is 1. The molecule has 3 saturated heterocycles. The van der Waals surface area contributed by atoms with Crippen LogP contribution in [0.1, 0.15) is 48.2 Å². The average molecular weight is 318 g/mol. The lowest BCUT2D eigenvalue weighted by Crippen LogP contribution is -2.49. The number of likely N-dealkylation sites (tertiary alicyclic amines) is 2. The first-order chi connectivity index (χ1) is 11.2. The quantitative estimate of drug-likeness (QED) is 0.840. The topological polar surface area (TPSA) is 45.9 Å². The number of ether oxygens (including phenoxy) is 1. The van der Waals surface area contributed by atoms with Crippen molar-refractivity contribution in [1.82, 2.24) is 9.80 Å². The normalized spacial score (nSPS) is 32.0. The number of carbonyl (C=O) groups excluding carboxylic acids is 1. The first-order valence-electron chi connectivity index (χ1n) is 8.88. The minimum Gasteiger partial charge on any atom is -0.459 e. The van der Waals surface area contributed by atoms with Crippen LogP contribution < -0.4 is 0 Å². The predicted molar refractivity (Wildman–Crippen MR) is 86.5 cm³/mol. The van der Waals surface area contributed by atoms with Crippen LogP contribution in [0, 0.1) is 6.92 Å². The zero-order valence-electron chi connectivity index (χ0n) is 13.9. The number of rotatable bonds is 2. The van der Waals surface area contributed by atoms with Crippen LogP contribution in [0.3, 0.4) is 0 Å². The van der Waals surface area contributed by atoms with Gasteiger partial charge in [0.2, 0.25) is 0 Å².